The van der Waals surface area contributed by atoms with Crippen molar-refractivity contribution in [2.75, 3.05) is 0 Å². The summed E-state index contributed by atoms with van der Waals surface area (Å²) >= 11 is 0. The summed E-state index contributed by atoms with van der Waals surface area (Å²) in [5, 5.41) is 12.5. The number of hydrogen-bond acceptors (Lipinski definition) is 3. The average molecular weight is 430 g/mol. The number of hydrogen-bond donors (Lipinski definition) is 2. The van der Waals surface area contributed by atoms with Crippen molar-refractivity contribution in [2.45, 2.75) is 37.6 Å². The first-order valence-electron chi connectivity index (χ1n) is 10.7. The average Bonchev–Trinajstić information content (AvgIpc) is 2.84. The Morgan fingerprint density at radius 3 is 1.53 bits per heavy atom. The number of rotatable bonds is 10. The van der Waals surface area contributed by atoms with E-state index in [9.17, 15) is 19.5 Å². The number of carbonyl (C=O) groups is 3. The fraction of sp³-hybridized carbons (Fsp3) is 0.222. The number of aliphatic carboxylic acids is 1. The van der Waals surface area contributed by atoms with Crippen LogP contribution >= 0.6 is 0 Å². The predicted octanol–water partition coefficient (Wildman–Crippen LogP) is 4.35. The van der Waals surface area contributed by atoms with E-state index in [-0.39, 0.29) is 18.6 Å². The third-order valence-electron chi connectivity index (χ3n) is 5.67. The van der Waals surface area contributed by atoms with Crippen LogP contribution in [-0.2, 0) is 19.8 Å². The third kappa shape index (κ3) is 4.78. The van der Waals surface area contributed by atoms with Crippen LogP contribution in [0.15, 0.2) is 91.0 Å². The van der Waals surface area contributed by atoms with Crippen molar-refractivity contribution in [1.29, 1.82) is 0 Å². The van der Waals surface area contributed by atoms with E-state index in [0.717, 1.165) is 16.7 Å². The molecule has 0 fully saturated rings. The van der Waals surface area contributed by atoms with Crippen LogP contribution in [0.3, 0.4) is 0 Å². The Balaban J connectivity index is 2.14. The topological polar surface area (TPSA) is 83.5 Å². The molecule has 0 aliphatic carbocycles. The van der Waals surface area contributed by atoms with Crippen molar-refractivity contribution < 1.29 is 19.5 Å². The van der Waals surface area contributed by atoms with Gasteiger partial charge in [0.25, 0.3) is 0 Å². The van der Waals surface area contributed by atoms with Gasteiger partial charge in [-0.1, -0.05) is 97.9 Å². The Morgan fingerprint density at radius 2 is 1.19 bits per heavy atom. The monoisotopic (exact) mass is 429 g/mol. The van der Waals surface area contributed by atoms with Crippen LogP contribution in [0.1, 0.15) is 42.9 Å². The Morgan fingerprint density at radius 1 is 0.781 bits per heavy atom. The second-order valence-electron chi connectivity index (χ2n) is 7.64. The molecule has 5 nitrogen and oxygen atoms in total. The van der Waals surface area contributed by atoms with Gasteiger partial charge in [0.15, 0.2) is 0 Å². The Kier molecular flexibility index (Phi) is 7.55. The van der Waals surface area contributed by atoms with Gasteiger partial charge in [-0.15, -0.1) is 0 Å². The summed E-state index contributed by atoms with van der Waals surface area (Å²) in [5.41, 5.74) is 0.919. The summed E-state index contributed by atoms with van der Waals surface area (Å²) in [6, 6.07) is 26.8. The maximum Gasteiger partial charge on any atom is 0.326 e. The van der Waals surface area contributed by atoms with Crippen LogP contribution in [0.5, 0.6) is 0 Å². The van der Waals surface area contributed by atoms with Gasteiger partial charge in [0.2, 0.25) is 5.91 Å². The molecule has 0 radical (unpaired) electrons. The molecule has 3 aromatic rings. The summed E-state index contributed by atoms with van der Waals surface area (Å²) in [7, 11) is 0. The molecule has 0 aliphatic rings. The van der Waals surface area contributed by atoms with Crippen LogP contribution in [0.2, 0.25) is 0 Å². The lowest BCUT2D eigenvalue weighted by Crippen LogP contribution is -2.52. The molecule has 0 heterocycles. The normalized spacial score (nSPS) is 12.0. The molecular formula is C27H27NO4. The van der Waals surface area contributed by atoms with Gasteiger partial charge < -0.3 is 10.4 Å². The maximum absolute atomic E-state index is 14.0. The second kappa shape index (κ2) is 10.5. The highest BCUT2D eigenvalue weighted by molar-refractivity contribution is 5.98. The number of ketones is 1. The first-order chi connectivity index (χ1) is 15.5. The van der Waals surface area contributed by atoms with E-state index in [2.05, 4.69) is 5.32 Å². The van der Waals surface area contributed by atoms with Crippen LogP contribution in [0.25, 0.3) is 0 Å². The molecule has 1 atom stereocenters. The number of carbonyl (C=O) groups excluding carboxylic acids is 2. The van der Waals surface area contributed by atoms with Crippen LogP contribution in [-0.4, -0.2) is 28.8 Å². The molecule has 0 unspecified atom stereocenters. The highest BCUT2D eigenvalue weighted by Gasteiger charge is 2.44. The minimum atomic E-state index is -1.26. The van der Waals surface area contributed by atoms with Gasteiger partial charge in [-0.2, -0.15) is 0 Å². The fourth-order valence-electron chi connectivity index (χ4n) is 3.96. The molecule has 5 heteroatoms. The smallest absolute Gasteiger partial charge is 0.326 e. The predicted molar refractivity (Wildman–Crippen MR) is 123 cm³/mol. The Hall–Kier alpha value is -3.73. The van der Waals surface area contributed by atoms with E-state index < -0.39 is 23.3 Å². The summed E-state index contributed by atoms with van der Waals surface area (Å²) < 4.78 is 0. The van der Waals surface area contributed by atoms with Crippen molar-refractivity contribution in [3.63, 3.8) is 0 Å². The summed E-state index contributed by atoms with van der Waals surface area (Å²) in [6.45, 7) is 1.74. The quantitative estimate of drug-likeness (QED) is 0.470. The summed E-state index contributed by atoms with van der Waals surface area (Å²) in [6.07, 6.45) is 0.479. The summed E-state index contributed by atoms with van der Waals surface area (Å²) in [5.74, 6) is -1.64. The highest BCUT2D eigenvalue weighted by atomic mass is 16.4. The SMILES string of the molecule is CCC(=O)CC[C@H](NC(=O)C(c1ccccc1)(c1ccccc1)c1ccccc1)C(=O)O. The van der Waals surface area contributed by atoms with E-state index in [0.29, 0.717) is 6.42 Å². The minimum absolute atomic E-state index is 0.0362. The van der Waals surface area contributed by atoms with E-state index in [4.69, 9.17) is 0 Å². The van der Waals surface area contributed by atoms with Gasteiger partial charge in [0.1, 0.15) is 17.2 Å². The number of carboxylic acids is 1. The molecule has 164 valence electrons. The highest BCUT2D eigenvalue weighted by Crippen LogP contribution is 2.39. The second-order valence-corrected chi connectivity index (χ2v) is 7.64. The van der Waals surface area contributed by atoms with E-state index in [1.165, 1.54) is 0 Å². The van der Waals surface area contributed by atoms with Gasteiger partial charge in [0.05, 0.1) is 0 Å². The number of amides is 1. The molecule has 0 aromatic heterocycles. The first-order valence-corrected chi connectivity index (χ1v) is 10.7. The molecule has 1 amide bonds. The number of carboxylic acid groups (broad SMARTS) is 1. The van der Waals surface area contributed by atoms with Gasteiger partial charge in [-0.25, -0.2) is 4.79 Å². The zero-order valence-electron chi connectivity index (χ0n) is 18.0. The molecule has 0 saturated carbocycles. The van der Waals surface area contributed by atoms with Crippen molar-refractivity contribution in [3.8, 4) is 0 Å². The van der Waals surface area contributed by atoms with Crippen LogP contribution in [0.4, 0.5) is 0 Å². The van der Waals surface area contributed by atoms with E-state index >= 15 is 0 Å². The number of nitrogens with one attached hydrogen (secondary N) is 1. The lowest BCUT2D eigenvalue weighted by molar-refractivity contribution is -0.142. The molecule has 3 aromatic carbocycles. The molecular weight excluding hydrogens is 402 g/mol. The van der Waals surface area contributed by atoms with Crippen molar-refractivity contribution in [1.82, 2.24) is 5.32 Å². The van der Waals surface area contributed by atoms with E-state index in [1.807, 2.05) is 91.0 Å². The standard InChI is InChI=1S/C27H27NO4/c1-2-23(29)18-19-24(25(30)31)28-26(32)27(20-12-6-3-7-13-20,21-14-8-4-9-15-21)22-16-10-5-11-17-22/h3-17,24H,2,18-19H2,1H3,(H,28,32)(H,30,31)/t24-/m0/s1. The zero-order chi connectivity index (χ0) is 23.0. The molecule has 0 bridgehead atoms. The minimum Gasteiger partial charge on any atom is -0.480 e. The Labute approximate surface area is 188 Å². The van der Waals surface area contributed by atoms with Gasteiger partial charge in [0, 0.05) is 12.8 Å². The summed E-state index contributed by atoms with van der Waals surface area (Å²) in [4.78, 5) is 37.8. The largest absolute Gasteiger partial charge is 0.480 e. The van der Waals surface area contributed by atoms with Gasteiger partial charge in [-0.3, -0.25) is 9.59 Å². The zero-order valence-corrected chi connectivity index (χ0v) is 18.0. The molecule has 2 N–H and O–H groups in total. The molecule has 32 heavy (non-hydrogen) atoms. The molecule has 0 aliphatic heterocycles. The van der Waals surface area contributed by atoms with Crippen molar-refractivity contribution >= 4 is 17.7 Å². The molecule has 0 saturated heterocycles. The fourth-order valence-corrected chi connectivity index (χ4v) is 3.96. The van der Waals surface area contributed by atoms with E-state index in [1.54, 1.807) is 6.92 Å². The van der Waals surface area contributed by atoms with Gasteiger partial charge in [-0.05, 0) is 23.1 Å². The first kappa shape index (κ1) is 22.9. The van der Waals surface area contributed by atoms with Gasteiger partial charge >= 0.3 is 5.97 Å². The van der Waals surface area contributed by atoms with Crippen molar-refractivity contribution in [3.05, 3.63) is 108 Å². The van der Waals surface area contributed by atoms with Crippen LogP contribution in [0, 0.1) is 0 Å². The lowest BCUT2D eigenvalue weighted by atomic mass is 9.68. The number of Topliss-reactive ketones (excluding diaryl/α,β-unsaturated/α-hetero) is 1. The maximum atomic E-state index is 14.0. The molecule has 0 spiro atoms. The van der Waals surface area contributed by atoms with Crippen LogP contribution < -0.4 is 5.32 Å². The number of benzene rings is 3. The Bertz CT molecular complexity index is 952. The molecule has 3 rings (SSSR count). The lowest BCUT2D eigenvalue weighted by Gasteiger charge is -2.35. The third-order valence-corrected chi connectivity index (χ3v) is 5.67. The van der Waals surface area contributed by atoms with Crippen molar-refractivity contribution in [2.24, 2.45) is 0 Å².